The molecule has 4 heterocycles. The Morgan fingerprint density at radius 2 is 1.65 bits per heavy atom. The highest BCUT2D eigenvalue weighted by molar-refractivity contribution is 6.10. The zero-order chi connectivity index (χ0) is 25.1. The van der Waals surface area contributed by atoms with E-state index in [1.807, 2.05) is 71.8 Å². The van der Waals surface area contributed by atoms with Gasteiger partial charge in [-0.15, -0.1) is 0 Å². The molecule has 2 saturated heterocycles. The molecule has 184 valence electrons. The fourth-order valence-electron chi connectivity index (χ4n) is 6.03. The Bertz CT molecular complexity index is 1470. The van der Waals surface area contributed by atoms with Gasteiger partial charge in [0.25, 0.3) is 0 Å². The first-order valence-electron chi connectivity index (χ1n) is 12.2. The van der Waals surface area contributed by atoms with Gasteiger partial charge in [0.05, 0.1) is 24.4 Å². The molecule has 0 radical (unpaired) electrons. The van der Waals surface area contributed by atoms with Crippen molar-refractivity contribution in [1.29, 1.82) is 0 Å². The van der Waals surface area contributed by atoms with Crippen LogP contribution < -0.4 is 14.8 Å². The summed E-state index contributed by atoms with van der Waals surface area (Å²) in [5.74, 6) is -1.19. The Balaban J connectivity index is 1.26. The van der Waals surface area contributed by atoms with Gasteiger partial charge < -0.3 is 19.7 Å². The van der Waals surface area contributed by atoms with Gasteiger partial charge in [-0.25, -0.2) is 0 Å². The van der Waals surface area contributed by atoms with Gasteiger partial charge in [0.15, 0.2) is 11.5 Å². The lowest BCUT2D eigenvalue weighted by Gasteiger charge is -2.35. The third kappa shape index (κ3) is 3.32. The van der Waals surface area contributed by atoms with E-state index in [-0.39, 0.29) is 31.1 Å². The van der Waals surface area contributed by atoms with Gasteiger partial charge in [0, 0.05) is 18.0 Å². The summed E-state index contributed by atoms with van der Waals surface area (Å²) < 4.78 is 10.8. The zero-order valence-electron chi connectivity index (χ0n) is 19.7. The van der Waals surface area contributed by atoms with Crippen LogP contribution in [0, 0.1) is 11.8 Å². The lowest BCUT2D eigenvalue weighted by molar-refractivity contribution is -0.143. The lowest BCUT2D eigenvalue weighted by Crippen LogP contribution is -2.46. The van der Waals surface area contributed by atoms with Gasteiger partial charge in [-0.2, -0.15) is 0 Å². The first-order valence-corrected chi connectivity index (χ1v) is 12.2. The van der Waals surface area contributed by atoms with Crippen LogP contribution in [0.1, 0.15) is 22.7 Å². The van der Waals surface area contributed by atoms with E-state index in [9.17, 15) is 14.4 Å². The van der Waals surface area contributed by atoms with Crippen molar-refractivity contribution in [3.05, 3.63) is 95.7 Å². The molecule has 3 aromatic carbocycles. The standard InChI is InChI=1S/C29H23N3O5/c33-27(30-19-10-11-21-22(14-19)37-16-36-21)26-24-23(25-20-9-5-4-8-18(20)12-13-31(25)26)28(34)32(29(24)35)15-17-6-2-1-3-7-17/h1-14,23-26H,15-16H2,(H,30,33)/t23-,24+,25+,26-/m0/s1. The van der Waals surface area contributed by atoms with Gasteiger partial charge in [-0.1, -0.05) is 54.6 Å². The van der Waals surface area contributed by atoms with E-state index in [0.717, 1.165) is 16.7 Å². The second-order valence-corrected chi connectivity index (χ2v) is 9.64. The summed E-state index contributed by atoms with van der Waals surface area (Å²) in [6.45, 7) is 0.318. The van der Waals surface area contributed by atoms with Gasteiger partial charge in [0.2, 0.25) is 24.5 Å². The van der Waals surface area contributed by atoms with Crippen molar-refractivity contribution in [2.75, 3.05) is 12.1 Å². The van der Waals surface area contributed by atoms with Crippen LogP contribution >= 0.6 is 0 Å². The van der Waals surface area contributed by atoms with Gasteiger partial charge in [-0.3, -0.25) is 19.3 Å². The van der Waals surface area contributed by atoms with E-state index in [0.29, 0.717) is 17.2 Å². The average Bonchev–Trinajstić information content (AvgIpc) is 3.59. The van der Waals surface area contributed by atoms with Crippen LogP contribution in [0.2, 0.25) is 0 Å². The van der Waals surface area contributed by atoms with Gasteiger partial charge in [0.1, 0.15) is 6.04 Å². The number of hydrogen-bond donors (Lipinski definition) is 1. The second kappa shape index (κ2) is 8.23. The van der Waals surface area contributed by atoms with Crippen LogP contribution in [0.3, 0.4) is 0 Å². The molecule has 8 nitrogen and oxygen atoms in total. The molecule has 3 aromatic rings. The number of rotatable bonds is 4. The summed E-state index contributed by atoms with van der Waals surface area (Å²) in [6, 6.07) is 21.2. The monoisotopic (exact) mass is 493 g/mol. The molecular weight excluding hydrogens is 470 g/mol. The minimum absolute atomic E-state index is 0.132. The maximum atomic E-state index is 13.8. The topological polar surface area (TPSA) is 88.2 Å². The predicted molar refractivity (Wildman–Crippen MR) is 134 cm³/mol. The SMILES string of the molecule is O=C(Nc1ccc2c(c1)OCO2)[C@@H]1[C@@H]2C(=O)N(Cc3ccccc3)C(=O)[C@@H]2[C@H]2c3ccccc3C=CN12. The number of carbonyl (C=O) groups excluding carboxylic acids is 3. The summed E-state index contributed by atoms with van der Waals surface area (Å²) >= 11 is 0. The summed E-state index contributed by atoms with van der Waals surface area (Å²) in [7, 11) is 0. The molecule has 8 heteroatoms. The molecule has 0 spiro atoms. The minimum Gasteiger partial charge on any atom is -0.454 e. The number of benzene rings is 3. The maximum Gasteiger partial charge on any atom is 0.247 e. The number of nitrogens with zero attached hydrogens (tertiary/aromatic N) is 2. The van der Waals surface area contributed by atoms with Crippen LogP contribution in [0.5, 0.6) is 11.5 Å². The average molecular weight is 494 g/mol. The Hall–Kier alpha value is -4.59. The van der Waals surface area contributed by atoms with E-state index in [1.54, 1.807) is 18.2 Å². The third-order valence-electron chi connectivity index (χ3n) is 7.65. The maximum absolute atomic E-state index is 13.8. The molecule has 3 amide bonds. The molecule has 4 aliphatic heterocycles. The number of anilines is 1. The van der Waals surface area contributed by atoms with Crippen molar-refractivity contribution in [2.45, 2.75) is 18.6 Å². The van der Waals surface area contributed by atoms with Crippen molar-refractivity contribution >= 4 is 29.5 Å². The van der Waals surface area contributed by atoms with Crippen LogP contribution in [-0.4, -0.2) is 40.4 Å². The van der Waals surface area contributed by atoms with Crippen molar-refractivity contribution in [3.63, 3.8) is 0 Å². The number of amides is 3. The highest BCUT2D eigenvalue weighted by atomic mass is 16.7. The van der Waals surface area contributed by atoms with Crippen LogP contribution in [0.25, 0.3) is 6.08 Å². The van der Waals surface area contributed by atoms with E-state index in [2.05, 4.69) is 5.32 Å². The molecule has 0 saturated carbocycles. The number of nitrogens with one attached hydrogen (secondary N) is 1. The van der Waals surface area contributed by atoms with Crippen molar-refractivity contribution < 1.29 is 23.9 Å². The molecule has 0 bridgehead atoms. The van der Waals surface area contributed by atoms with Crippen LogP contribution in [-0.2, 0) is 20.9 Å². The Labute approximate surface area is 213 Å². The summed E-state index contributed by atoms with van der Waals surface area (Å²) in [5, 5.41) is 2.95. The molecule has 0 aliphatic carbocycles. The lowest BCUT2D eigenvalue weighted by atomic mass is 9.84. The number of imide groups is 1. The second-order valence-electron chi connectivity index (χ2n) is 9.64. The van der Waals surface area contributed by atoms with Crippen LogP contribution in [0.15, 0.2) is 79.0 Å². The number of hydrogen-bond acceptors (Lipinski definition) is 6. The summed E-state index contributed by atoms with van der Waals surface area (Å²) in [5.41, 5.74) is 3.34. The number of likely N-dealkylation sites (tertiary alicyclic amines) is 1. The number of carbonyl (C=O) groups is 3. The smallest absolute Gasteiger partial charge is 0.247 e. The molecule has 4 aliphatic rings. The van der Waals surface area contributed by atoms with E-state index < -0.39 is 23.9 Å². The first-order chi connectivity index (χ1) is 18.1. The molecular formula is C29H23N3O5. The summed E-state index contributed by atoms with van der Waals surface area (Å²) in [6.07, 6.45) is 3.78. The number of ether oxygens (including phenoxy) is 2. The minimum atomic E-state index is -0.845. The number of fused-ring (bicyclic) bond motifs is 6. The van der Waals surface area contributed by atoms with Crippen molar-refractivity contribution in [3.8, 4) is 11.5 Å². The van der Waals surface area contributed by atoms with Gasteiger partial charge in [-0.05, 0) is 34.9 Å². The highest BCUT2D eigenvalue weighted by Crippen LogP contribution is 2.53. The van der Waals surface area contributed by atoms with Crippen molar-refractivity contribution in [1.82, 2.24) is 9.80 Å². The Morgan fingerprint density at radius 1 is 0.892 bits per heavy atom. The summed E-state index contributed by atoms with van der Waals surface area (Å²) in [4.78, 5) is 44.6. The third-order valence-corrected chi connectivity index (χ3v) is 7.65. The highest BCUT2D eigenvalue weighted by Gasteiger charge is 2.64. The molecule has 0 aromatic heterocycles. The van der Waals surface area contributed by atoms with E-state index >= 15 is 0 Å². The quantitative estimate of drug-likeness (QED) is 0.560. The molecule has 37 heavy (non-hydrogen) atoms. The fourth-order valence-corrected chi connectivity index (χ4v) is 6.03. The molecule has 7 rings (SSSR count). The first kappa shape index (κ1) is 21.7. The zero-order valence-corrected chi connectivity index (χ0v) is 19.7. The molecule has 0 unspecified atom stereocenters. The molecule has 1 N–H and O–H groups in total. The fraction of sp³-hybridized carbons (Fsp3) is 0.207. The molecule has 4 atom stereocenters. The normalized spacial score (nSPS) is 24.6. The Morgan fingerprint density at radius 3 is 2.51 bits per heavy atom. The van der Waals surface area contributed by atoms with Gasteiger partial charge >= 0.3 is 0 Å². The van der Waals surface area contributed by atoms with Crippen LogP contribution in [0.4, 0.5) is 5.69 Å². The molecule has 2 fully saturated rings. The van der Waals surface area contributed by atoms with E-state index in [4.69, 9.17) is 9.47 Å². The predicted octanol–water partition coefficient (Wildman–Crippen LogP) is 3.57. The Kier molecular flexibility index (Phi) is 4.82. The van der Waals surface area contributed by atoms with Crippen molar-refractivity contribution in [2.24, 2.45) is 11.8 Å². The largest absolute Gasteiger partial charge is 0.454 e. The van der Waals surface area contributed by atoms with E-state index in [1.165, 1.54) is 4.90 Å².